The fraction of sp³-hybridized carbons (Fsp3) is 0.120. The van der Waals surface area contributed by atoms with Crippen LogP contribution in [0.2, 0.25) is 0 Å². The second-order valence-electron chi connectivity index (χ2n) is 7.79. The van der Waals surface area contributed by atoms with Gasteiger partial charge in [-0.15, -0.1) is 5.10 Å². The third-order valence-corrected chi connectivity index (χ3v) is 5.93. The minimum Gasteiger partial charge on any atom is -0.303 e. The monoisotopic (exact) mass is 391 g/mol. The van der Waals surface area contributed by atoms with Crippen LogP contribution in [0, 0.1) is 13.8 Å². The summed E-state index contributed by atoms with van der Waals surface area (Å²) in [5, 5.41) is 7.03. The lowest BCUT2D eigenvalue weighted by Crippen LogP contribution is -2.34. The maximum atomic E-state index is 5.03. The minimum atomic E-state index is 0.628. The first-order valence-electron chi connectivity index (χ1n) is 10.1. The summed E-state index contributed by atoms with van der Waals surface area (Å²) in [5.41, 5.74) is 8.40. The van der Waals surface area contributed by atoms with Crippen molar-refractivity contribution < 1.29 is 0 Å². The molecule has 6 rings (SSSR count). The third kappa shape index (κ3) is 2.35. The minimum absolute atomic E-state index is 0.628. The Morgan fingerprint density at radius 3 is 2.27 bits per heavy atom. The van der Waals surface area contributed by atoms with Gasteiger partial charge in [0, 0.05) is 23.5 Å². The van der Waals surface area contributed by atoms with Gasteiger partial charge in [-0.25, -0.2) is 9.99 Å². The molecule has 0 bridgehead atoms. The molecule has 3 heterocycles. The van der Waals surface area contributed by atoms with Crippen molar-refractivity contribution in [2.75, 3.05) is 16.6 Å². The van der Waals surface area contributed by atoms with Crippen LogP contribution < -0.4 is 9.91 Å². The van der Waals surface area contributed by atoms with Gasteiger partial charge in [-0.2, -0.15) is 0 Å². The van der Waals surface area contributed by atoms with Crippen molar-refractivity contribution >= 4 is 17.5 Å². The molecular weight excluding hydrogens is 370 g/mol. The van der Waals surface area contributed by atoms with Gasteiger partial charge in [0.15, 0.2) is 5.84 Å². The summed E-state index contributed by atoms with van der Waals surface area (Å²) in [5.74, 6) is 1.80. The Hall–Kier alpha value is -3.86. The number of hydrogen-bond donors (Lipinski definition) is 0. The molecule has 4 aromatic rings. The number of aromatic nitrogens is 2. The second kappa shape index (κ2) is 6.32. The van der Waals surface area contributed by atoms with Crippen LogP contribution in [0.4, 0.5) is 11.6 Å². The molecule has 0 aliphatic carbocycles. The van der Waals surface area contributed by atoms with Gasteiger partial charge in [0.2, 0.25) is 5.95 Å². The van der Waals surface area contributed by atoms with Gasteiger partial charge in [0.25, 0.3) is 0 Å². The predicted molar refractivity (Wildman–Crippen MR) is 121 cm³/mol. The number of aryl methyl sites for hydroxylation is 2. The van der Waals surface area contributed by atoms with Gasteiger partial charge in [-0.05, 0) is 36.6 Å². The Morgan fingerprint density at radius 2 is 1.47 bits per heavy atom. The van der Waals surface area contributed by atoms with Gasteiger partial charge in [0.1, 0.15) is 6.67 Å². The Bertz CT molecular complexity index is 1300. The zero-order chi connectivity index (χ0) is 20.2. The Labute approximate surface area is 175 Å². The number of hydrogen-bond acceptors (Lipinski definition) is 4. The third-order valence-electron chi connectivity index (χ3n) is 5.93. The molecule has 0 saturated heterocycles. The number of fused-ring (bicyclic) bond motifs is 6. The summed E-state index contributed by atoms with van der Waals surface area (Å²) in [6, 6.07) is 23.4. The molecule has 0 saturated carbocycles. The van der Waals surface area contributed by atoms with Crippen LogP contribution in [0.3, 0.4) is 0 Å². The molecule has 5 nitrogen and oxygen atoms in total. The lowest BCUT2D eigenvalue weighted by atomic mass is 9.93. The van der Waals surface area contributed by atoms with E-state index in [1.54, 1.807) is 0 Å². The number of imidazole rings is 1. The number of rotatable bonds is 2. The Balaban J connectivity index is 1.50. The number of benzene rings is 3. The highest BCUT2D eigenvalue weighted by atomic mass is 15.6. The van der Waals surface area contributed by atoms with Gasteiger partial charge in [-0.3, -0.25) is 4.57 Å². The van der Waals surface area contributed by atoms with Crippen molar-refractivity contribution in [1.29, 1.82) is 0 Å². The Kier molecular flexibility index (Phi) is 3.59. The molecule has 1 aromatic heterocycles. The molecular formula is C25H21N5. The van der Waals surface area contributed by atoms with Crippen molar-refractivity contribution in [2.24, 2.45) is 5.10 Å². The Morgan fingerprint density at radius 1 is 0.767 bits per heavy atom. The molecule has 2 aliphatic rings. The average Bonchev–Trinajstić information content (AvgIpc) is 3.41. The van der Waals surface area contributed by atoms with Gasteiger partial charge >= 0.3 is 0 Å². The zero-order valence-electron chi connectivity index (χ0n) is 16.9. The van der Waals surface area contributed by atoms with E-state index in [9.17, 15) is 0 Å². The van der Waals surface area contributed by atoms with Crippen molar-refractivity contribution in [3.63, 3.8) is 0 Å². The highest BCUT2D eigenvalue weighted by molar-refractivity contribution is 6.20. The summed E-state index contributed by atoms with van der Waals surface area (Å²) >= 11 is 0. The fourth-order valence-corrected chi connectivity index (χ4v) is 4.59. The van der Waals surface area contributed by atoms with E-state index in [0.29, 0.717) is 6.67 Å². The largest absolute Gasteiger partial charge is 0.303 e. The highest BCUT2D eigenvalue weighted by Crippen LogP contribution is 2.41. The van der Waals surface area contributed by atoms with E-state index < -0.39 is 0 Å². The second-order valence-corrected chi connectivity index (χ2v) is 7.79. The molecule has 0 unspecified atom stereocenters. The van der Waals surface area contributed by atoms with Crippen LogP contribution in [0.1, 0.15) is 16.7 Å². The standard InChI is InChI=1S/C25H21N5/c1-17-8-7-9-18(2)23(17)28-15-14-26-25(28)30-16-29-22-13-6-5-11-20(22)19-10-3-4-12-21(19)24(29)27-30/h3-15H,16H2,1-2H3. The molecule has 0 radical (unpaired) electrons. The van der Waals surface area contributed by atoms with E-state index in [-0.39, 0.29) is 0 Å². The van der Waals surface area contributed by atoms with E-state index in [1.807, 2.05) is 17.4 Å². The first-order valence-corrected chi connectivity index (χ1v) is 10.1. The smallest absolute Gasteiger partial charge is 0.232 e. The topological polar surface area (TPSA) is 36.7 Å². The van der Waals surface area contributed by atoms with E-state index >= 15 is 0 Å². The fourth-order valence-electron chi connectivity index (χ4n) is 4.59. The molecule has 0 N–H and O–H groups in total. The number of hydrazone groups is 1. The average molecular weight is 391 g/mol. The summed E-state index contributed by atoms with van der Waals surface area (Å²) in [7, 11) is 0. The molecule has 2 aliphatic heterocycles. The molecule has 0 fully saturated rings. The normalized spacial score (nSPS) is 14.3. The van der Waals surface area contributed by atoms with Crippen molar-refractivity contribution in [3.05, 3.63) is 95.8 Å². The molecule has 3 aromatic carbocycles. The van der Waals surface area contributed by atoms with Crippen LogP contribution in [-0.4, -0.2) is 22.1 Å². The van der Waals surface area contributed by atoms with E-state index in [1.165, 1.54) is 27.9 Å². The van der Waals surface area contributed by atoms with E-state index in [0.717, 1.165) is 23.0 Å². The van der Waals surface area contributed by atoms with Crippen LogP contribution in [0.25, 0.3) is 16.8 Å². The lowest BCUT2D eigenvalue weighted by Gasteiger charge is -2.29. The summed E-state index contributed by atoms with van der Waals surface area (Å²) in [4.78, 5) is 6.96. The van der Waals surface area contributed by atoms with Crippen LogP contribution >= 0.6 is 0 Å². The zero-order valence-corrected chi connectivity index (χ0v) is 16.9. The predicted octanol–water partition coefficient (Wildman–Crippen LogP) is 5.12. The summed E-state index contributed by atoms with van der Waals surface area (Å²) in [6.45, 7) is 4.90. The summed E-state index contributed by atoms with van der Waals surface area (Å²) in [6.07, 6.45) is 3.87. The number of anilines is 2. The SMILES string of the molecule is Cc1cccc(C)c1-n1ccnc1N1CN2C(=N1)c1ccccc1-c1ccccc12. The van der Waals surface area contributed by atoms with Crippen LogP contribution in [0.5, 0.6) is 0 Å². The lowest BCUT2D eigenvalue weighted by molar-refractivity contribution is 0.837. The first-order chi connectivity index (χ1) is 14.7. The molecule has 5 heteroatoms. The number of para-hydroxylation sites is 2. The molecule has 30 heavy (non-hydrogen) atoms. The number of amidine groups is 1. The van der Waals surface area contributed by atoms with Crippen molar-refractivity contribution in [1.82, 2.24) is 9.55 Å². The molecule has 0 amide bonds. The van der Waals surface area contributed by atoms with Gasteiger partial charge in [0.05, 0.1) is 11.4 Å². The number of nitrogens with zero attached hydrogens (tertiary/aromatic N) is 5. The van der Waals surface area contributed by atoms with Crippen LogP contribution in [0.15, 0.2) is 84.2 Å². The van der Waals surface area contributed by atoms with Gasteiger partial charge < -0.3 is 4.90 Å². The van der Waals surface area contributed by atoms with Crippen molar-refractivity contribution in [2.45, 2.75) is 13.8 Å². The van der Waals surface area contributed by atoms with E-state index in [2.05, 4.69) is 95.0 Å². The maximum Gasteiger partial charge on any atom is 0.232 e. The summed E-state index contributed by atoms with van der Waals surface area (Å²) < 4.78 is 2.14. The maximum absolute atomic E-state index is 5.03. The van der Waals surface area contributed by atoms with Crippen LogP contribution in [-0.2, 0) is 0 Å². The molecule has 146 valence electrons. The van der Waals surface area contributed by atoms with E-state index in [4.69, 9.17) is 5.10 Å². The molecule has 0 atom stereocenters. The quantitative estimate of drug-likeness (QED) is 0.476. The first kappa shape index (κ1) is 17.0. The van der Waals surface area contributed by atoms with Crippen molar-refractivity contribution in [3.8, 4) is 16.8 Å². The van der Waals surface area contributed by atoms with Gasteiger partial charge in [-0.1, -0.05) is 60.7 Å². The molecule has 0 spiro atoms. The highest BCUT2D eigenvalue weighted by Gasteiger charge is 2.35.